The van der Waals surface area contributed by atoms with Gasteiger partial charge in [-0.3, -0.25) is 4.79 Å². The predicted octanol–water partition coefficient (Wildman–Crippen LogP) is 4.30. The van der Waals surface area contributed by atoms with Gasteiger partial charge in [0, 0.05) is 0 Å². The topological polar surface area (TPSA) is 119 Å². The first-order valence-electron chi connectivity index (χ1n) is 8.58. The Balaban J connectivity index is 2.56. The Labute approximate surface area is 195 Å². The second-order valence-corrected chi connectivity index (χ2v) is 9.52. The number of carbonyl (C=O) groups is 2. The van der Waals surface area contributed by atoms with Crippen LogP contribution in [-0.2, 0) is 16.0 Å². The van der Waals surface area contributed by atoms with E-state index in [1.807, 2.05) is 22.6 Å². The average Bonchev–Trinajstić information content (AvgIpc) is 2.58. The Bertz CT molecular complexity index is 922. The lowest BCUT2D eigenvalue weighted by molar-refractivity contribution is -0.138. The molecule has 0 saturated carbocycles. The van der Waals surface area contributed by atoms with E-state index in [4.69, 9.17) is 15.2 Å². The minimum Gasteiger partial charge on any atom is -0.508 e. The molecule has 0 bridgehead atoms. The molecule has 156 valence electrons. The fourth-order valence-electron chi connectivity index (χ4n) is 2.41. The highest BCUT2D eigenvalue weighted by atomic mass is 127. The normalized spacial score (nSPS) is 12.3. The number of phenolic OH excluding ortho intramolecular Hbond substituents is 1. The van der Waals surface area contributed by atoms with Gasteiger partial charge in [-0.1, -0.05) is 0 Å². The lowest BCUT2D eigenvalue weighted by Gasteiger charge is -2.23. The van der Waals surface area contributed by atoms with Crippen molar-refractivity contribution >= 4 is 57.1 Å². The fourth-order valence-corrected chi connectivity index (χ4v) is 4.65. The highest BCUT2D eigenvalue weighted by Gasteiger charge is 2.28. The SMILES string of the molecule is CC(C)(C)OC(=O)c1c(C[C@H](N)C(=O)O)cc(I)c(Oc2ccc(O)cc2)c1I. The number of aromatic hydroxyl groups is 1. The molecular weight excluding hydrogens is 604 g/mol. The Morgan fingerprint density at radius 1 is 1.17 bits per heavy atom. The first-order valence-corrected chi connectivity index (χ1v) is 10.7. The van der Waals surface area contributed by atoms with Gasteiger partial charge in [0.2, 0.25) is 0 Å². The maximum atomic E-state index is 12.9. The Morgan fingerprint density at radius 3 is 2.28 bits per heavy atom. The smallest absolute Gasteiger partial charge is 0.340 e. The molecule has 9 heteroatoms. The summed E-state index contributed by atoms with van der Waals surface area (Å²) in [4.78, 5) is 24.1. The summed E-state index contributed by atoms with van der Waals surface area (Å²) < 4.78 is 12.6. The van der Waals surface area contributed by atoms with Gasteiger partial charge in [-0.2, -0.15) is 0 Å². The van der Waals surface area contributed by atoms with Crippen molar-refractivity contribution in [3.05, 3.63) is 48.6 Å². The highest BCUT2D eigenvalue weighted by Crippen LogP contribution is 2.37. The summed E-state index contributed by atoms with van der Waals surface area (Å²) in [5, 5.41) is 18.6. The number of benzene rings is 2. The van der Waals surface area contributed by atoms with Crippen LogP contribution in [0.3, 0.4) is 0 Å². The molecule has 0 fully saturated rings. The third-order valence-corrected chi connectivity index (χ3v) is 5.51. The Morgan fingerprint density at radius 2 is 1.76 bits per heavy atom. The van der Waals surface area contributed by atoms with Crippen molar-refractivity contribution < 1.29 is 29.3 Å². The van der Waals surface area contributed by atoms with Gasteiger partial charge < -0.3 is 25.4 Å². The minimum absolute atomic E-state index is 0.0323. The van der Waals surface area contributed by atoms with Crippen LogP contribution in [0, 0.1) is 7.14 Å². The van der Waals surface area contributed by atoms with E-state index in [9.17, 15) is 19.8 Å². The van der Waals surface area contributed by atoms with E-state index in [2.05, 4.69) is 22.6 Å². The lowest BCUT2D eigenvalue weighted by atomic mass is 10.00. The van der Waals surface area contributed by atoms with Crippen LogP contribution < -0.4 is 10.5 Å². The number of nitrogens with two attached hydrogens (primary N) is 1. The summed E-state index contributed by atoms with van der Waals surface area (Å²) in [6.45, 7) is 5.25. The van der Waals surface area contributed by atoms with Gasteiger partial charge in [-0.05, 0) is 108 Å². The fraction of sp³-hybridized carbons (Fsp3) is 0.300. The number of esters is 1. The number of aliphatic carboxylic acids is 1. The van der Waals surface area contributed by atoms with Gasteiger partial charge in [0.15, 0.2) is 5.75 Å². The molecule has 0 radical (unpaired) electrons. The summed E-state index contributed by atoms with van der Waals surface area (Å²) in [6.07, 6.45) is -0.0323. The molecule has 0 aliphatic rings. The molecule has 0 unspecified atom stereocenters. The van der Waals surface area contributed by atoms with Crippen LogP contribution in [0.15, 0.2) is 30.3 Å². The number of carbonyl (C=O) groups excluding carboxylic acids is 1. The molecule has 2 rings (SSSR count). The van der Waals surface area contributed by atoms with Crippen molar-refractivity contribution in [1.82, 2.24) is 0 Å². The second kappa shape index (κ2) is 9.47. The molecule has 2 aromatic carbocycles. The molecule has 0 amide bonds. The summed E-state index contributed by atoms with van der Waals surface area (Å²) >= 11 is 4.05. The van der Waals surface area contributed by atoms with Crippen LogP contribution in [0.25, 0.3) is 0 Å². The molecule has 2 aromatic rings. The number of rotatable bonds is 6. The standard InChI is InChI=1S/C20H21I2NO6/c1-20(2,3)29-19(27)15-10(9-14(23)18(25)26)8-13(21)17(16(15)22)28-12-6-4-11(24)5-7-12/h4-8,14,24H,9,23H2,1-3H3,(H,25,26)/t14-/m0/s1. The van der Waals surface area contributed by atoms with E-state index >= 15 is 0 Å². The molecule has 1 atom stereocenters. The summed E-state index contributed by atoms with van der Waals surface area (Å²) in [5.74, 6) is -0.723. The van der Waals surface area contributed by atoms with Crippen LogP contribution >= 0.6 is 45.2 Å². The molecule has 0 aliphatic heterocycles. The molecule has 0 aliphatic carbocycles. The second-order valence-electron chi connectivity index (χ2n) is 7.28. The number of hydrogen-bond donors (Lipinski definition) is 3. The van der Waals surface area contributed by atoms with Crippen molar-refractivity contribution in [3.8, 4) is 17.2 Å². The maximum Gasteiger partial charge on any atom is 0.340 e. The molecule has 0 saturated heterocycles. The van der Waals surface area contributed by atoms with E-state index in [1.165, 1.54) is 12.1 Å². The number of halogens is 2. The predicted molar refractivity (Wildman–Crippen MR) is 125 cm³/mol. The molecule has 0 spiro atoms. The van der Waals surface area contributed by atoms with E-state index in [0.717, 1.165) is 0 Å². The van der Waals surface area contributed by atoms with Crippen molar-refractivity contribution in [2.45, 2.75) is 38.8 Å². The van der Waals surface area contributed by atoms with Gasteiger partial charge in [0.05, 0.1) is 12.7 Å². The van der Waals surface area contributed by atoms with Crippen molar-refractivity contribution in [1.29, 1.82) is 0 Å². The number of ether oxygens (including phenoxy) is 2. The van der Waals surface area contributed by atoms with E-state index < -0.39 is 23.6 Å². The van der Waals surface area contributed by atoms with Gasteiger partial charge >= 0.3 is 11.9 Å². The summed E-state index contributed by atoms with van der Waals surface area (Å²) in [5.41, 5.74) is 5.68. The summed E-state index contributed by atoms with van der Waals surface area (Å²) in [6, 6.07) is 6.70. The van der Waals surface area contributed by atoms with Crippen LogP contribution in [0.1, 0.15) is 36.7 Å². The Kier molecular flexibility index (Phi) is 7.74. The first kappa shape index (κ1) is 23.7. The van der Waals surface area contributed by atoms with Gasteiger partial charge in [0.25, 0.3) is 0 Å². The summed E-state index contributed by atoms with van der Waals surface area (Å²) in [7, 11) is 0. The minimum atomic E-state index is -1.16. The molecule has 29 heavy (non-hydrogen) atoms. The third kappa shape index (κ3) is 6.44. The van der Waals surface area contributed by atoms with Gasteiger partial charge in [-0.15, -0.1) is 0 Å². The van der Waals surface area contributed by atoms with Crippen molar-refractivity contribution in [2.24, 2.45) is 5.73 Å². The van der Waals surface area contributed by atoms with Gasteiger partial charge in [0.1, 0.15) is 23.1 Å². The zero-order chi connectivity index (χ0) is 21.9. The van der Waals surface area contributed by atoms with Crippen molar-refractivity contribution in [3.63, 3.8) is 0 Å². The lowest BCUT2D eigenvalue weighted by Crippen LogP contribution is -2.33. The van der Waals surface area contributed by atoms with Crippen LogP contribution in [-0.4, -0.2) is 33.8 Å². The molecule has 0 heterocycles. The number of phenols is 1. The Hall–Kier alpha value is -1.60. The monoisotopic (exact) mass is 625 g/mol. The molecule has 0 aromatic heterocycles. The number of carboxylic acids is 1. The molecular formula is C20H21I2NO6. The zero-order valence-electron chi connectivity index (χ0n) is 16.0. The molecule has 7 nitrogen and oxygen atoms in total. The first-order chi connectivity index (χ1) is 13.4. The van der Waals surface area contributed by atoms with E-state index in [0.29, 0.717) is 24.2 Å². The highest BCUT2D eigenvalue weighted by molar-refractivity contribution is 14.1. The largest absolute Gasteiger partial charge is 0.508 e. The van der Waals surface area contributed by atoms with E-state index in [-0.39, 0.29) is 17.7 Å². The number of carboxylic acid groups (broad SMARTS) is 1. The van der Waals surface area contributed by atoms with Crippen LogP contribution in [0.5, 0.6) is 17.2 Å². The van der Waals surface area contributed by atoms with E-state index in [1.54, 1.807) is 39.0 Å². The maximum absolute atomic E-state index is 12.9. The quantitative estimate of drug-likeness (QED) is 0.324. The van der Waals surface area contributed by atoms with Crippen LogP contribution in [0.4, 0.5) is 0 Å². The number of hydrogen-bond acceptors (Lipinski definition) is 6. The zero-order valence-corrected chi connectivity index (χ0v) is 20.3. The average molecular weight is 625 g/mol. The van der Waals surface area contributed by atoms with Crippen LogP contribution in [0.2, 0.25) is 0 Å². The molecule has 4 N–H and O–H groups in total. The third-order valence-electron chi connectivity index (χ3n) is 3.67. The van der Waals surface area contributed by atoms with Crippen molar-refractivity contribution in [2.75, 3.05) is 0 Å². The van der Waals surface area contributed by atoms with Gasteiger partial charge in [-0.25, -0.2) is 4.79 Å².